The van der Waals surface area contributed by atoms with Crippen LogP contribution in [0.5, 0.6) is 0 Å². The van der Waals surface area contributed by atoms with Crippen molar-refractivity contribution in [3.63, 3.8) is 0 Å². The van der Waals surface area contributed by atoms with Crippen molar-refractivity contribution in [2.75, 3.05) is 26.0 Å². The number of nitrogens with two attached hydrogens (primary N) is 1. The van der Waals surface area contributed by atoms with E-state index < -0.39 is 15.1 Å². The maximum Gasteiger partial charge on any atom is 0.300 e. The molecule has 2 aromatic carbocycles. The highest BCUT2D eigenvalue weighted by atomic mass is 32.2. The Bertz CT molecular complexity index is 1440. The standard InChI is InChI=1S/C26H27N5O4S/c1-28-15-17-2-4-18(5-3-17)22-14-24(35-31-22)25-26(27)29-16-23(30-25)19-6-8-20(9-7-19)36(32,33)21-10-12-34-13-11-21/h2-9,14,16,21,28H,10-13,15H2,1H3,(H2,27,29)/p+1. The molecule has 10 heteroatoms. The van der Waals surface area contributed by atoms with Gasteiger partial charge in [-0.2, -0.15) is 0 Å². The smallest absolute Gasteiger partial charge is 0.300 e. The number of nitrogens with zero attached hydrogens (tertiary/aromatic N) is 2. The molecule has 1 aliphatic rings. The number of rotatable bonds is 7. The Labute approximate surface area is 209 Å². The zero-order valence-electron chi connectivity index (χ0n) is 19.9. The molecule has 4 aromatic rings. The lowest BCUT2D eigenvalue weighted by atomic mass is 10.1. The van der Waals surface area contributed by atoms with Crippen LogP contribution in [-0.4, -0.2) is 44.1 Å². The molecular weight excluding hydrogens is 478 g/mol. The molecule has 5 rings (SSSR count). The van der Waals surface area contributed by atoms with Crippen LogP contribution in [0.2, 0.25) is 0 Å². The minimum atomic E-state index is -3.40. The van der Waals surface area contributed by atoms with E-state index in [2.05, 4.69) is 20.4 Å². The summed E-state index contributed by atoms with van der Waals surface area (Å²) < 4.78 is 36.8. The lowest BCUT2D eigenvalue weighted by Gasteiger charge is -2.22. The summed E-state index contributed by atoms with van der Waals surface area (Å²) in [6.45, 7) is 1.73. The second kappa shape index (κ2) is 10.2. The van der Waals surface area contributed by atoms with E-state index in [1.165, 1.54) is 5.56 Å². The van der Waals surface area contributed by atoms with Gasteiger partial charge in [-0.15, -0.1) is 0 Å². The van der Waals surface area contributed by atoms with Crippen molar-refractivity contribution in [3.8, 4) is 34.0 Å². The molecule has 0 atom stereocenters. The van der Waals surface area contributed by atoms with Crippen molar-refractivity contribution < 1.29 is 22.7 Å². The Morgan fingerprint density at radius 1 is 1.03 bits per heavy atom. The molecule has 4 N–H and O–H groups in total. The Hall–Kier alpha value is -3.60. The van der Waals surface area contributed by atoms with Crippen molar-refractivity contribution in [3.05, 3.63) is 66.4 Å². The SMILES string of the molecule is CNCc1ccc(-c2cc(-c3nc(-c4ccc(S(=O)(=O)C5CCOCC5)cc4)c[nH+]c3N)on2)cc1. The summed E-state index contributed by atoms with van der Waals surface area (Å²) in [6, 6.07) is 16.6. The molecule has 0 radical (unpaired) electrons. The van der Waals surface area contributed by atoms with Crippen LogP contribution in [0.3, 0.4) is 0 Å². The van der Waals surface area contributed by atoms with E-state index in [4.69, 9.17) is 15.0 Å². The molecule has 0 bridgehead atoms. The summed E-state index contributed by atoms with van der Waals surface area (Å²) in [4.78, 5) is 8.00. The van der Waals surface area contributed by atoms with Crippen LogP contribution >= 0.6 is 0 Å². The molecule has 36 heavy (non-hydrogen) atoms. The largest absolute Gasteiger partial charge is 0.381 e. The van der Waals surface area contributed by atoms with Gasteiger partial charge in [-0.25, -0.2) is 18.4 Å². The van der Waals surface area contributed by atoms with Crippen LogP contribution in [0.4, 0.5) is 5.82 Å². The van der Waals surface area contributed by atoms with Gasteiger partial charge in [0.2, 0.25) is 0 Å². The summed E-state index contributed by atoms with van der Waals surface area (Å²) in [5.74, 6) is 0.767. The van der Waals surface area contributed by atoms with E-state index in [-0.39, 0.29) is 0 Å². The minimum absolute atomic E-state index is 0.304. The molecule has 1 saturated heterocycles. The molecule has 0 aliphatic carbocycles. The van der Waals surface area contributed by atoms with Gasteiger partial charge < -0.3 is 14.6 Å². The van der Waals surface area contributed by atoms with Gasteiger partial charge >= 0.3 is 5.82 Å². The molecule has 0 spiro atoms. The van der Waals surface area contributed by atoms with Crippen LogP contribution in [0.1, 0.15) is 18.4 Å². The zero-order valence-corrected chi connectivity index (χ0v) is 20.7. The normalized spacial score (nSPS) is 14.7. The number of anilines is 1. The third-order valence-corrected chi connectivity index (χ3v) is 8.59. The molecule has 9 nitrogen and oxygen atoms in total. The number of ether oxygens (including phenoxy) is 1. The summed E-state index contributed by atoms with van der Waals surface area (Å²) in [5.41, 5.74) is 10.7. The van der Waals surface area contributed by atoms with E-state index in [0.717, 1.165) is 17.7 Å². The first-order valence-electron chi connectivity index (χ1n) is 11.8. The van der Waals surface area contributed by atoms with Gasteiger partial charge in [-0.05, 0) is 37.6 Å². The van der Waals surface area contributed by atoms with E-state index in [1.54, 1.807) is 36.5 Å². The predicted molar refractivity (Wildman–Crippen MR) is 135 cm³/mol. The first-order chi connectivity index (χ1) is 17.5. The van der Waals surface area contributed by atoms with E-state index in [9.17, 15) is 8.42 Å². The lowest BCUT2D eigenvalue weighted by molar-refractivity contribution is -0.359. The third-order valence-electron chi connectivity index (χ3n) is 6.31. The van der Waals surface area contributed by atoms with Gasteiger partial charge in [-0.3, -0.25) is 5.73 Å². The van der Waals surface area contributed by atoms with Crippen molar-refractivity contribution >= 4 is 15.7 Å². The fourth-order valence-corrected chi connectivity index (χ4v) is 5.99. The minimum Gasteiger partial charge on any atom is -0.381 e. The number of aromatic nitrogens is 3. The van der Waals surface area contributed by atoms with Crippen LogP contribution < -0.4 is 16.0 Å². The van der Waals surface area contributed by atoms with Gasteiger partial charge in [-0.1, -0.05) is 41.6 Å². The molecule has 0 unspecified atom stereocenters. The predicted octanol–water partition coefficient (Wildman–Crippen LogP) is 3.14. The van der Waals surface area contributed by atoms with Crippen molar-refractivity contribution in [2.24, 2.45) is 0 Å². The number of nitrogens with one attached hydrogen (secondary N) is 2. The molecule has 0 saturated carbocycles. The zero-order chi connectivity index (χ0) is 25.1. The van der Waals surface area contributed by atoms with Gasteiger partial charge in [0.1, 0.15) is 17.6 Å². The highest BCUT2D eigenvalue weighted by Gasteiger charge is 2.29. The first-order valence-corrected chi connectivity index (χ1v) is 13.3. The summed E-state index contributed by atoms with van der Waals surface area (Å²) >= 11 is 0. The number of sulfone groups is 1. The van der Waals surface area contributed by atoms with Crippen molar-refractivity contribution in [1.82, 2.24) is 15.5 Å². The summed E-state index contributed by atoms with van der Waals surface area (Å²) in [7, 11) is -1.50. The first kappa shape index (κ1) is 24.1. The second-order valence-corrected chi connectivity index (χ2v) is 11.0. The molecule has 0 amide bonds. The third kappa shape index (κ3) is 4.88. The Morgan fingerprint density at radius 2 is 1.69 bits per heavy atom. The van der Waals surface area contributed by atoms with Crippen molar-refractivity contribution in [2.45, 2.75) is 29.5 Å². The van der Waals surface area contributed by atoms with Crippen LogP contribution in [0.25, 0.3) is 34.0 Å². The van der Waals surface area contributed by atoms with Crippen molar-refractivity contribution in [1.29, 1.82) is 0 Å². The highest BCUT2D eigenvalue weighted by Crippen LogP contribution is 2.30. The van der Waals surface area contributed by atoms with Gasteiger partial charge in [0.25, 0.3) is 0 Å². The van der Waals surface area contributed by atoms with E-state index in [0.29, 0.717) is 59.6 Å². The van der Waals surface area contributed by atoms with E-state index in [1.807, 2.05) is 31.3 Å². The molecule has 1 fully saturated rings. The van der Waals surface area contributed by atoms with Crippen LogP contribution in [-0.2, 0) is 21.1 Å². The molecule has 1 aliphatic heterocycles. The maximum atomic E-state index is 13.0. The summed E-state index contributed by atoms with van der Waals surface area (Å²) in [5, 5.41) is 6.90. The second-order valence-electron chi connectivity index (χ2n) is 8.73. The molecule has 2 aromatic heterocycles. The number of hydrogen-bond donors (Lipinski definition) is 2. The Kier molecular flexibility index (Phi) is 6.82. The fourth-order valence-electron chi connectivity index (χ4n) is 4.28. The maximum absolute atomic E-state index is 13.0. The topological polar surface area (TPSA) is 134 Å². The van der Waals surface area contributed by atoms with Gasteiger partial charge in [0.15, 0.2) is 21.3 Å². The molecule has 3 heterocycles. The van der Waals surface area contributed by atoms with Crippen LogP contribution in [0, 0.1) is 0 Å². The van der Waals surface area contributed by atoms with Crippen LogP contribution in [0.15, 0.2) is 70.2 Å². The summed E-state index contributed by atoms with van der Waals surface area (Å²) in [6.07, 6.45) is 2.71. The van der Waals surface area contributed by atoms with E-state index >= 15 is 0 Å². The highest BCUT2D eigenvalue weighted by molar-refractivity contribution is 7.92. The average molecular weight is 507 g/mol. The monoisotopic (exact) mass is 506 g/mol. The molecular formula is C26H28N5O4S+. The number of H-pyrrole nitrogens is 1. The Morgan fingerprint density at radius 3 is 2.39 bits per heavy atom. The Balaban J connectivity index is 1.39. The lowest BCUT2D eigenvalue weighted by Crippen LogP contribution is -2.28. The fraction of sp³-hybridized carbons (Fsp3) is 0.269. The number of nitrogen functional groups attached to an aromatic ring is 1. The number of hydrogen-bond acceptors (Lipinski definition) is 8. The van der Waals surface area contributed by atoms with Gasteiger partial charge in [0.05, 0.1) is 10.1 Å². The number of benzene rings is 2. The van der Waals surface area contributed by atoms with Gasteiger partial charge in [0, 0.05) is 37.0 Å². The number of aromatic amines is 1. The quantitative estimate of drug-likeness (QED) is 0.390. The molecule has 186 valence electrons. The average Bonchev–Trinajstić information content (AvgIpc) is 3.40.